The maximum atomic E-state index is 13.1. The lowest BCUT2D eigenvalue weighted by Crippen LogP contribution is -2.12. The standard InChI is InChI=1S/C20H15ClFN3O/c1-2-9-25-18-16(12-3-4-12)10-14(21)11-17(18)19(24-25)23-20(26)13-5-7-15(22)8-6-13/h1,5-8,10-12H,3-4,9H2,(H,23,24,26). The van der Waals surface area contributed by atoms with Gasteiger partial charge in [-0.15, -0.1) is 6.42 Å². The van der Waals surface area contributed by atoms with Gasteiger partial charge in [0.15, 0.2) is 5.82 Å². The summed E-state index contributed by atoms with van der Waals surface area (Å²) in [4.78, 5) is 12.5. The summed E-state index contributed by atoms with van der Waals surface area (Å²) in [5.41, 5.74) is 2.36. The van der Waals surface area contributed by atoms with E-state index in [-0.39, 0.29) is 5.91 Å². The first-order valence-electron chi connectivity index (χ1n) is 8.27. The molecule has 0 spiro atoms. The Balaban J connectivity index is 1.78. The Hall–Kier alpha value is -2.84. The third-order valence-corrected chi connectivity index (χ3v) is 4.65. The van der Waals surface area contributed by atoms with E-state index >= 15 is 0 Å². The number of benzene rings is 2. The van der Waals surface area contributed by atoms with Crippen LogP contribution in [-0.4, -0.2) is 15.7 Å². The highest BCUT2D eigenvalue weighted by molar-refractivity contribution is 6.31. The smallest absolute Gasteiger partial charge is 0.256 e. The van der Waals surface area contributed by atoms with Crippen molar-refractivity contribution in [1.29, 1.82) is 0 Å². The monoisotopic (exact) mass is 367 g/mol. The largest absolute Gasteiger partial charge is 0.305 e. The Kier molecular flexibility index (Phi) is 4.14. The summed E-state index contributed by atoms with van der Waals surface area (Å²) in [6.07, 6.45) is 7.69. The predicted molar refractivity (Wildman–Crippen MR) is 99.9 cm³/mol. The molecule has 0 bridgehead atoms. The minimum absolute atomic E-state index is 0.296. The van der Waals surface area contributed by atoms with E-state index in [0.29, 0.717) is 28.9 Å². The fourth-order valence-electron chi connectivity index (χ4n) is 3.09. The van der Waals surface area contributed by atoms with Gasteiger partial charge in [0.05, 0.1) is 5.52 Å². The molecule has 4 rings (SSSR count). The topological polar surface area (TPSA) is 46.9 Å². The first-order valence-corrected chi connectivity index (χ1v) is 8.65. The van der Waals surface area contributed by atoms with Crippen LogP contribution in [0.15, 0.2) is 36.4 Å². The molecule has 1 saturated carbocycles. The van der Waals surface area contributed by atoms with E-state index in [9.17, 15) is 9.18 Å². The van der Waals surface area contributed by atoms with Crippen molar-refractivity contribution in [3.8, 4) is 12.3 Å². The molecule has 2 aromatic carbocycles. The van der Waals surface area contributed by atoms with E-state index in [2.05, 4.69) is 16.3 Å². The number of fused-ring (bicyclic) bond motifs is 1. The zero-order chi connectivity index (χ0) is 18.3. The molecule has 6 heteroatoms. The second kappa shape index (κ2) is 6.47. The molecule has 1 amide bonds. The maximum Gasteiger partial charge on any atom is 0.256 e. The second-order valence-electron chi connectivity index (χ2n) is 6.34. The zero-order valence-electron chi connectivity index (χ0n) is 13.8. The molecule has 1 aliphatic rings. The van der Waals surface area contributed by atoms with Crippen molar-refractivity contribution in [2.75, 3.05) is 5.32 Å². The lowest BCUT2D eigenvalue weighted by atomic mass is 10.1. The minimum atomic E-state index is -0.397. The van der Waals surface area contributed by atoms with Crippen molar-refractivity contribution in [3.63, 3.8) is 0 Å². The number of anilines is 1. The number of rotatable bonds is 4. The van der Waals surface area contributed by atoms with Crippen molar-refractivity contribution in [2.45, 2.75) is 25.3 Å². The molecule has 1 fully saturated rings. The number of carbonyl (C=O) groups excluding carboxylic acids is 1. The molecule has 3 aromatic rings. The summed E-state index contributed by atoms with van der Waals surface area (Å²) < 4.78 is 14.8. The third kappa shape index (κ3) is 3.04. The highest BCUT2D eigenvalue weighted by Gasteiger charge is 2.29. The van der Waals surface area contributed by atoms with E-state index in [1.54, 1.807) is 10.7 Å². The lowest BCUT2D eigenvalue weighted by molar-refractivity contribution is 0.102. The summed E-state index contributed by atoms with van der Waals surface area (Å²) >= 11 is 6.29. The van der Waals surface area contributed by atoms with E-state index in [1.807, 2.05) is 6.07 Å². The maximum absolute atomic E-state index is 13.1. The Morgan fingerprint density at radius 3 is 2.73 bits per heavy atom. The van der Waals surface area contributed by atoms with Gasteiger partial charge in [-0.05, 0) is 60.7 Å². The number of terminal acetylenes is 1. The SMILES string of the molecule is C#CCn1nc(NC(=O)c2ccc(F)cc2)c2cc(Cl)cc(C3CC3)c21. The van der Waals surface area contributed by atoms with Gasteiger partial charge >= 0.3 is 0 Å². The molecular weight excluding hydrogens is 353 g/mol. The minimum Gasteiger partial charge on any atom is -0.305 e. The fourth-order valence-corrected chi connectivity index (χ4v) is 3.32. The molecule has 1 N–H and O–H groups in total. The Morgan fingerprint density at radius 2 is 2.08 bits per heavy atom. The number of hydrogen-bond acceptors (Lipinski definition) is 2. The molecule has 1 heterocycles. The number of carbonyl (C=O) groups is 1. The van der Waals surface area contributed by atoms with Gasteiger partial charge in [-0.3, -0.25) is 9.48 Å². The van der Waals surface area contributed by atoms with Crippen molar-refractivity contribution in [2.24, 2.45) is 0 Å². The number of halogens is 2. The van der Waals surface area contributed by atoms with Crippen LogP contribution in [0.1, 0.15) is 34.7 Å². The van der Waals surface area contributed by atoms with Crippen LogP contribution in [-0.2, 0) is 6.54 Å². The zero-order valence-corrected chi connectivity index (χ0v) is 14.6. The fraction of sp³-hybridized carbons (Fsp3) is 0.200. The third-order valence-electron chi connectivity index (χ3n) is 4.43. The van der Waals surface area contributed by atoms with Crippen LogP contribution in [0.4, 0.5) is 10.2 Å². The normalized spacial score (nSPS) is 13.6. The first kappa shape index (κ1) is 16.6. The van der Waals surface area contributed by atoms with Gasteiger partial charge in [0, 0.05) is 16.0 Å². The van der Waals surface area contributed by atoms with E-state index in [4.69, 9.17) is 18.0 Å². The van der Waals surface area contributed by atoms with Gasteiger partial charge in [0.2, 0.25) is 0 Å². The van der Waals surface area contributed by atoms with Gasteiger partial charge in [-0.25, -0.2) is 4.39 Å². The molecule has 0 radical (unpaired) electrons. The Morgan fingerprint density at radius 1 is 1.35 bits per heavy atom. The number of amides is 1. The van der Waals surface area contributed by atoms with E-state index in [0.717, 1.165) is 29.3 Å². The van der Waals surface area contributed by atoms with Gasteiger partial charge in [0.25, 0.3) is 5.91 Å². The molecule has 0 unspecified atom stereocenters. The number of nitrogens with zero attached hydrogens (tertiary/aromatic N) is 2. The van der Waals surface area contributed by atoms with Gasteiger partial charge in [-0.1, -0.05) is 17.5 Å². The summed E-state index contributed by atoms with van der Waals surface area (Å²) in [6.45, 7) is 0.296. The van der Waals surface area contributed by atoms with Crippen LogP contribution < -0.4 is 5.32 Å². The summed E-state index contributed by atoms with van der Waals surface area (Å²) in [5.74, 6) is 2.67. The van der Waals surface area contributed by atoms with Crippen molar-refractivity contribution in [1.82, 2.24) is 9.78 Å². The van der Waals surface area contributed by atoms with Crippen LogP contribution in [0.3, 0.4) is 0 Å². The van der Waals surface area contributed by atoms with Gasteiger partial charge in [-0.2, -0.15) is 5.10 Å². The first-order chi connectivity index (χ1) is 12.6. The molecule has 26 heavy (non-hydrogen) atoms. The molecule has 130 valence electrons. The lowest BCUT2D eigenvalue weighted by Gasteiger charge is -2.06. The van der Waals surface area contributed by atoms with Crippen LogP contribution in [0.5, 0.6) is 0 Å². The molecule has 0 saturated heterocycles. The molecule has 4 nitrogen and oxygen atoms in total. The van der Waals surface area contributed by atoms with Crippen LogP contribution in [0, 0.1) is 18.2 Å². The molecule has 1 aliphatic carbocycles. The number of nitrogens with one attached hydrogen (secondary N) is 1. The van der Waals surface area contributed by atoms with Crippen molar-refractivity contribution in [3.05, 3.63) is 58.4 Å². The Bertz CT molecular complexity index is 1050. The van der Waals surface area contributed by atoms with E-state index < -0.39 is 5.82 Å². The van der Waals surface area contributed by atoms with Gasteiger partial charge < -0.3 is 5.32 Å². The number of hydrogen-bond donors (Lipinski definition) is 1. The number of aromatic nitrogens is 2. The summed E-state index contributed by atoms with van der Waals surface area (Å²) in [6, 6.07) is 9.06. The van der Waals surface area contributed by atoms with E-state index in [1.165, 1.54) is 24.3 Å². The molecule has 0 aliphatic heterocycles. The quantitative estimate of drug-likeness (QED) is 0.685. The molecule has 0 atom stereocenters. The van der Waals surface area contributed by atoms with Gasteiger partial charge in [0.1, 0.15) is 12.4 Å². The summed E-state index contributed by atoms with van der Waals surface area (Å²) in [7, 11) is 0. The van der Waals surface area contributed by atoms with Crippen molar-refractivity contribution >= 4 is 34.2 Å². The van der Waals surface area contributed by atoms with Crippen LogP contribution in [0.2, 0.25) is 5.02 Å². The average molecular weight is 368 g/mol. The average Bonchev–Trinajstić information content (AvgIpc) is 3.40. The van der Waals surface area contributed by atoms with Crippen LogP contribution >= 0.6 is 11.6 Å². The molecular formula is C20H15ClFN3O. The van der Waals surface area contributed by atoms with Crippen LogP contribution in [0.25, 0.3) is 10.9 Å². The predicted octanol–water partition coefficient (Wildman–Crippen LogP) is 4.59. The highest BCUT2D eigenvalue weighted by atomic mass is 35.5. The molecule has 1 aromatic heterocycles. The second-order valence-corrected chi connectivity index (χ2v) is 6.77. The Labute approximate surface area is 155 Å². The highest BCUT2D eigenvalue weighted by Crippen LogP contribution is 2.45. The summed E-state index contributed by atoms with van der Waals surface area (Å²) in [5, 5.41) is 8.63. The van der Waals surface area contributed by atoms with Crippen molar-refractivity contribution < 1.29 is 9.18 Å².